The highest BCUT2D eigenvalue weighted by atomic mass is 35.5. The molecule has 108 valence electrons. The quantitative estimate of drug-likeness (QED) is 0.876. The lowest BCUT2D eigenvalue weighted by molar-refractivity contribution is -0.225. The van der Waals surface area contributed by atoms with Gasteiger partial charge in [0.1, 0.15) is 5.75 Å². The van der Waals surface area contributed by atoms with Crippen LogP contribution in [0.5, 0.6) is 5.75 Å². The monoisotopic (exact) mass is 294 g/mol. The molecule has 20 heavy (non-hydrogen) atoms. The van der Waals surface area contributed by atoms with Crippen molar-refractivity contribution >= 4 is 11.6 Å². The van der Waals surface area contributed by atoms with Gasteiger partial charge in [0.2, 0.25) is 0 Å². The minimum absolute atomic E-state index is 0.120. The Bertz CT molecular complexity index is 546. The summed E-state index contributed by atoms with van der Waals surface area (Å²) in [5.41, 5.74) is -0.120. The van der Waals surface area contributed by atoms with E-state index in [-0.39, 0.29) is 5.41 Å². The van der Waals surface area contributed by atoms with Crippen LogP contribution in [-0.2, 0) is 5.91 Å². The van der Waals surface area contributed by atoms with Crippen LogP contribution >= 0.6 is 11.6 Å². The van der Waals surface area contributed by atoms with E-state index >= 15 is 0 Å². The molecule has 2 aromatic rings. The molecule has 0 spiro atoms. The molecular formula is C15H19ClN2O2. The molecule has 2 rings (SSSR count). The topological polar surface area (TPSA) is 47.3 Å². The maximum atomic E-state index is 10.9. The highest BCUT2D eigenvalue weighted by molar-refractivity contribution is 6.30. The number of nitrogens with zero attached hydrogens (tertiary/aromatic N) is 2. The van der Waals surface area contributed by atoms with Gasteiger partial charge in [-0.25, -0.2) is 4.98 Å². The molecule has 0 bridgehead atoms. The fourth-order valence-electron chi connectivity index (χ4n) is 2.03. The largest absolute Gasteiger partial charge is 0.444 e. The molecule has 1 unspecified atom stereocenters. The van der Waals surface area contributed by atoms with Crippen molar-refractivity contribution < 1.29 is 9.84 Å². The standard InChI is InChI=1S/C15H19ClN2O2/c1-14(2,3)10-15(19,18-9-8-17-11-18)20-13-6-4-12(16)5-7-13/h4-9,11,19H,10H2,1-3H3. The van der Waals surface area contributed by atoms with Crippen LogP contribution in [0.25, 0.3) is 0 Å². The number of aliphatic hydroxyl groups is 1. The van der Waals surface area contributed by atoms with Gasteiger partial charge < -0.3 is 9.84 Å². The smallest absolute Gasteiger partial charge is 0.297 e. The summed E-state index contributed by atoms with van der Waals surface area (Å²) < 4.78 is 7.36. The first-order valence-electron chi connectivity index (χ1n) is 6.44. The molecule has 0 aliphatic rings. The SMILES string of the molecule is CC(C)(C)CC(O)(Oc1ccc(Cl)cc1)n1ccnc1. The molecule has 1 atom stereocenters. The normalized spacial score (nSPS) is 14.8. The molecule has 0 radical (unpaired) electrons. The van der Waals surface area contributed by atoms with Gasteiger partial charge in [-0.3, -0.25) is 4.57 Å². The maximum Gasteiger partial charge on any atom is 0.297 e. The van der Waals surface area contributed by atoms with Crippen LogP contribution < -0.4 is 4.74 Å². The van der Waals surface area contributed by atoms with E-state index in [1.165, 1.54) is 0 Å². The zero-order valence-electron chi connectivity index (χ0n) is 11.9. The van der Waals surface area contributed by atoms with E-state index in [1.54, 1.807) is 47.6 Å². The molecule has 1 heterocycles. The lowest BCUT2D eigenvalue weighted by Gasteiger charge is -2.35. The number of aromatic nitrogens is 2. The average Bonchev–Trinajstić information content (AvgIpc) is 2.84. The molecule has 1 N–H and O–H groups in total. The second-order valence-electron chi connectivity index (χ2n) is 6.01. The van der Waals surface area contributed by atoms with Gasteiger partial charge in [-0.2, -0.15) is 0 Å². The summed E-state index contributed by atoms with van der Waals surface area (Å²) in [5, 5.41) is 11.5. The van der Waals surface area contributed by atoms with Gasteiger partial charge in [-0.05, 0) is 29.7 Å². The van der Waals surface area contributed by atoms with E-state index in [0.717, 1.165) is 0 Å². The lowest BCUT2D eigenvalue weighted by atomic mass is 9.90. The number of imidazole rings is 1. The second-order valence-corrected chi connectivity index (χ2v) is 6.44. The molecular weight excluding hydrogens is 276 g/mol. The van der Waals surface area contributed by atoms with Crippen molar-refractivity contribution in [1.82, 2.24) is 9.55 Å². The Morgan fingerprint density at radius 2 is 1.90 bits per heavy atom. The van der Waals surface area contributed by atoms with E-state index < -0.39 is 5.91 Å². The predicted octanol–water partition coefficient (Wildman–Crippen LogP) is 3.65. The van der Waals surface area contributed by atoms with Gasteiger partial charge in [0, 0.05) is 23.8 Å². The van der Waals surface area contributed by atoms with Crippen LogP contribution in [-0.4, -0.2) is 14.7 Å². The van der Waals surface area contributed by atoms with Gasteiger partial charge in [-0.15, -0.1) is 0 Å². The van der Waals surface area contributed by atoms with Crippen LogP contribution in [0.3, 0.4) is 0 Å². The zero-order chi connectivity index (χ0) is 14.8. The van der Waals surface area contributed by atoms with E-state index in [9.17, 15) is 5.11 Å². The first kappa shape index (κ1) is 14.9. The summed E-state index contributed by atoms with van der Waals surface area (Å²) >= 11 is 5.86. The van der Waals surface area contributed by atoms with Crippen LogP contribution in [0.2, 0.25) is 5.02 Å². The first-order valence-corrected chi connectivity index (χ1v) is 6.82. The molecule has 1 aromatic carbocycles. The van der Waals surface area contributed by atoms with Crippen molar-refractivity contribution in [1.29, 1.82) is 0 Å². The van der Waals surface area contributed by atoms with E-state index in [2.05, 4.69) is 4.98 Å². The third kappa shape index (κ3) is 3.74. The van der Waals surface area contributed by atoms with Crippen molar-refractivity contribution in [2.45, 2.75) is 33.1 Å². The fraction of sp³-hybridized carbons (Fsp3) is 0.400. The molecule has 0 aliphatic heterocycles. The average molecular weight is 295 g/mol. The Morgan fingerprint density at radius 3 is 2.40 bits per heavy atom. The van der Waals surface area contributed by atoms with Gasteiger partial charge in [0.05, 0.1) is 6.33 Å². The number of hydrogen-bond donors (Lipinski definition) is 1. The van der Waals surface area contributed by atoms with Crippen molar-refractivity contribution in [3.8, 4) is 5.75 Å². The molecule has 0 fully saturated rings. The van der Waals surface area contributed by atoms with Gasteiger partial charge in [-0.1, -0.05) is 32.4 Å². The molecule has 0 saturated carbocycles. The van der Waals surface area contributed by atoms with E-state index in [0.29, 0.717) is 17.2 Å². The predicted molar refractivity (Wildman–Crippen MR) is 78.6 cm³/mol. The molecule has 0 saturated heterocycles. The number of halogens is 1. The summed E-state index contributed by atoms with van der Waals surface area (Å²) in [6.07, 6.45) is 5.25. The number of ether oxygens (including phenoxy) is 1. The molecule has 0 amide bonds. The number of hydrogen-bond acceptors (Lipinski definition) is 3. The highest BCUT2D eigenvalue weighted by Crippen LogP contribution is 2.33. The zero-order valence-corrected chi connectivity index (χ0v) is 12.6. The third-order valence-electron chi connectivity index (χ3n) is 2.76. The first-order chi connectivity index (χ1) is 9.28. The third-order valence-corrected chi connectivity index (χ3v) is 3.02. The van der Waals surface area contributed by atoms with Crippen LogP contribution in [0.15, 0.2) is 43.0 Å². The Balaban J connectivity index is 2.29. The molecule has 1 aromatic heterocycles. The Kier molecular flexibility index (Phi) is 4.06. The van der Waals surface area contributed by atoms with Crippen LogP contribution in [0.1, 0.15) is 27.2 Å². The lowest BCUT2D eigenvalue weighted by Crippen LogP contribution is -2.42. The van der Waals surface area contributed by atoms with Crippen molar-refractivity contribution in [3.63, 3.8) is 0 Å². The van der Waals surface area contributed by atoms with Gasteiger partial charge in [0.15, 0.2) is 0 Å². The summed E-state index contributed by atoms with van der Waals surface area (Å²) in [6, 6.07) is 6.91. The Labute approximate surface area is 124 Å². The van der Waals surface area contributed by atoms with Crippen LogP contribution in [0, 0.1) is 5.41 Å². The minimum Gasteiger partial charge on any atom is -0.444 e. The van der Waals surface area contributed by atoms with Crippen LogP contribution in [0.4, 0.5) is 0 Å². The molecule has 4 nitrogen and oxygen atoms in total. The van der Waals surface area contributed by atoms with E-state index in [1.807, 2.05) is 20.8 Å². The van der Waals surface area contributed by atoms with Crippen molar-refractivity contribution in [2.24, 2.45) is 5.41 Å². The van der Waals surface area contributed by atoms with Gasteiger partial charge >= 0.3 is 0 Å². The fourth-order valence-corrected chi connectivity index (χ4v) is 2.15. The van der Waals surface area contributed by atoms with Crippen molar-refractivity contribution in [3.05, 3.63) is 48.0 Å². The number of benzene rings is 1. The second kappa shape index (κ2) is 5.46. The maximum absolute atomic E-state index is 10.9. The Morgan fingerprint density at radius 1 is 1.25 bits per heavy atom. The number of rotatable bonds is 4. The Hall–Kier alpha value is -1.52. The molecule has 0 aliphatic carbocycles. The van der Waals surface area contributed by atoms with Gasteiger partial charge in [0.25, 0.3) is 5.91 Å². The summed E-state index contributed by atoms with van der Waals surface area (Å²) in [4.78, 5) is 3.98. The van der Waals surface area contributed by atoms with E-state index in [4.69, 9.17) is 16.3 Å². The minimum atomic E-state index is -1.48. The van der Waals surface area contributed by atoms with Crippen molar-refractivity contribution in [2.75, 3.05) is 0 Å². The summed E-state index contributed by atoms with van der Waals surface area (Å²) in [7, 11) is 0. The highest BCUT2D eigenvalue weighted by Gasteiger charge is 2.36. The summed E-state index contributed by atoms with van der Waals surface area (Å²) in [6.45, 7) is 6.13. The molecule has 5 heteroatoms. The summed E-state index contributed by atoms with van der Waals surface area (Å²) in [5.74, 6) is -0.933.